The summed E-state index contributed by atoms with van der Waals surface area (Å²) in [6.45, 7) is 0. The van der Waals surface area contributed by atoms with E-state index in [9.17, 15) is 9.18 Å². The molecule has 1 N–H and O–H groups in total. The molecule has 8 heteroatoms. The third-order valence-electron chi connectivity index (χ3n) is 3.87. The number of amides is 1. The highest BCUT2D eigenvalue weighted by Crippen LogP contribution is 2.25. The van der Waals surface area contributed by atoms with Crippen molar-refractivity contribution < 1.29 is 13.6 Å². The lowest BCUT2D eigenvalue weighted by Crippen LogP contribution is -2.13. The van der Waals surface area contributed by atoms with Gasteiger partial charge in [-0.15, -0.1) is 0 Å². The maximum Gasteiger partial charge on any atom is 0.258 e. The Labute approximate surface area is 158 Å². The van der Waals surface area contributed by atoms with E-state index in [0.29, 0.717) is 22.2 Å². The van der Waals surface area contributed by atoms with Crippen LogP contribution in [0.25, 0.3) is 16.9 Å². The van der Waals surface area contributed by atoms with E-state index < -0.39 is 11.7 Å². The Kier molecular flexibility index (Phi) is 4.43. The van der Waals surface area contributed by atoms with Crippen LogP contribution < -0.4 is 5.32 Å². The lowest BCUT2D eigenvalue weighted by atomic mass is 10.2. The first-order valence-corrected chi connectivity index (χ1v) is 8.29. The second-order valence-electron chi connectivity index (χ2n) is 5.63. The number of nitrogens with zero attached hydrogens (tertiary/aromatic N) is 3. The molecule has 1 aromatic carbocycles. The van der Waals surface area contributed by atoms with Crippen molar-refractivity contribution in [2.45, 2.75) is 0 Å². The number of benzene rings is 1. The van der Waals surface area contributed by atoms with Gasteiger partial charge in [-0.25, -0.2) is 9.07 Å². The molecule has 0 unspecified atom stereocenters. The minimum Gasteiger partial charge on any atom is -0.472 e. The minimum absolute atomic E-state index is 0.0750. The second kappa shape index (κ2) is 7.05. The maximum absolute atomic E-state index is 13.6. The van der Waals surface area contributed by atoms with Crippen molar-refractivity contribution in [1.82, 2.24) is 14.8 Å². The first-order chi connectivity index (χ1) is 13.1. The predicted molar refractivity (Wildman–Crippen MR) is 98.4 cm³/mol. The summed E-state index contributed by atoms with van der Waals surface area (Å²) in [4.78, 5) is 15.8. The smallest absolute Gasteiger partial charge is 0.258 e. The minimum atomic E-state index is -0.679. The molecule has 6 nitrogen and oxygen atoms in total. The molecule has 3 aromatic heterocycles. The van der Waals surface area contributed by atoms with Crippen LogP contribution in [0.2, 0.25) is 5.15 Å². The third-order valence-corrected chi connectivity index (χ3v) is 4.14. The van der Waals surface area contributed by atoms with Crippen molar-refractivity contribution in [3.05, 3.63) is 83.9 Å². The van der Waals surface area contributed by atoms with Gasteiger partial charge in [0.2, 0.25) is 0 Å². The molecule has 0 saturated carbocycles. The Morgan fingerprint density at radius 1 is 1.19 bits per heavy atom. The van der Waals surface area contributed by atoms with Crippen LogP contribution in [0, 0.1) is 5.82 Å². The van der Waals surface area contributed by atoms with E-state index in [1.165, 1.54) is 12.3 Å². The summed E-state index contributed by atoms with van der Waals surface area (Å²) >= 11 is 6.27. The Morgan fingerprint density at radius 2 is 2.00 bits per heavy atom. The molecule has 0 aliphatic heterocycles. The molecular weight excluding hydrogens is 371 g/mol. The van der Waals surface area contributed by atoms with Crippen molar-refractivity contribution >= 4 is 23.2 Å². The van der Waals surface area contributed by atoms with Gasteiger partial charge in [0.1, 0.15) is 5.15 Å². The topological polar surface area (TPSA) is 73.0 Å². The standard InChI is InChI=1S/C19H12ClFN4O2/c20-18-9-17(12-6-8-27-11-12)24-25(18)14-3-1-13(2-4-14)23-19(26)15-5-7-22-10-16(15)21/h1-11H,(H,23,26). The SMILES string of the molecule is O=C(Nc1ccc(-n2nc(-c3ccoc3)cc2Cl)cc1)c1ccncc1F. The number of hydrogen-bond donors (Lipinski definition) is 1. The fourth-order valence-electron chi connectivity index (χ4n) is 2.53. The van der Waals surface area contributed by atoms with E-state index in [1.807, 2.05) is 0 Å². The van der Waals surface area contributed by atoms with Crippen LogP contribution in [0.1, 0.15) is 10.4 Å². The molecule has 27 heavy (non-hydrogen) atoms. The van der Waals surface area contributed by atoms with E-state index in [4.69, 9.17) is 16.0 Å². The molecule has 4 rings (SSSR count). The highest BCUT2D eigenvalue weighted by molar-refractivity contribution is 6.30. The number of nitrogens with one attached hydrogen (secondary N) is 1. The molecule has 0 bridgehead atoms. The first-order valence-electron chi connectivity index (χ1n) is 7.91. The number of aromatic nitrogens is 3. The predicted octanol–water partition coefficient (Wildman–Crippen LogP) is 4.57. The summed E-state index contributed by atoms with van der Waals surface area (Å²) in [5.74, 6) is -1.23. The zero-order chi connectivity index (χ0) is 18.8. The number of hydrogen-bond acceptors (Lipinski definition) is 4. The van der Waals surface area contributed by atoms with Gasteiger partial charge in [0.25, 0.3) is 5.91 Å². The molecule has 0 fully saturated rings. The van der Waals surface area contributed by atoms with Crippen LogP contribution in [0.15, 0.2) is 71.8 Å². The first kappa shape index (κ1) is 17.0. The zero-order valence-electron chi connectivity index (χ0n) is 13.8. The van der Waals surface area contributed by atoms with Crippen molar-refractivity contribution in [2.24, 2.45) is 0 Å². The summed E-state index contributed by atoms with van der Waals surface area (Å²) in [5.41, 5.74) is 2.65. The van der Waals surface area contributed by atoms with Crippen LogP contribution in [-0.4, -0.2) is 20.7 Å². The quantitative estimate of drug-likeness (QED) is 0.561. The van der Waals surface area contributed by atoms with Crippen LogP contribution in [0.3, 0.4) is 0 Å². The van der Waals surface area contributed by atoms with Crippen LogP contribution >= 0.6 is 11.6 Å². The molecule has 0 aliphatic rings. The lowest BCUT2D eigenvalue weighted by Gasteiger charge is -2.08. The number of anilines is 1. The number of carbonyl (C=O) groups excluding carboxylic acids is 1. The monoisotopic (exact) mass is 382 g/mol. The van der Waals surface area contributed by atoms with Crippen molar-refractivity contribution in [3.63, 3.8) is 0 Å². The molecule has 0 atom stereocenters. The lowest BCUT2D eigenvalue weighted by molar-refractivity contribution is 0.102. The summed E-state index contributed by atoms with van der Waals surface area (Å²) in [6.07, 6.45) is 5.50. The fraction of sp³-hybridized carbons (Fsp3) is 0. The molecule has 0 aliphatic carbocycles. The van der Waals surface area contributed by atoms with Crippen molar-refractivity contribution in [3.8, 4) is 16.9 Å². The number of rotatable bonds is 4. The molecule has 1 amide bonds. The summed E-state index contributed by atoms with van der Waals surface area (Å²) in [6, 6.07) is 11.7. The Bertz CT molecular complexity index is 1090. The third kappa shape index (κ3) is 3.45. The Hall–Kier alpha value is -3.45. The summed E-state index contributed by atoms with van der Waals surface area (Å²) < 4.78 is 20.3. The van der Waals surface area contributed by atoms with Crippen LogP contribution in [0.5, 0.6) is 0 Å². The van der Waals surface area contributed by atoms with Crippen LogP contribution in [-0.2, 0) is 0 Å². The van der Waals surface area contributed by atoms with Gasteiger partial charge >= 0.3 is 0 Å². The van der Waals surface area contributed by atoms with Gasteiger partial charge in [-0.2, -0.15) is 5.10 Å². The number of pyridine rings is 1. The Balaban J connectivity index is 1.55. The average molecular weight is 383 g/mol. The summed E-state index contributed by atoms with van der Waals surface area (Å²) in [5, 5.41) is 7.52. The van der Waals surface area contributed by atoms with Gasteiger partial charge in [0, 0.05) is 23.5 Å². The molecule has 4 aromatic rings. The van der Waals surface area contributed by atoms with E-state index in [-0.39, 0.29) is 5.56 Å². The maximum atomic E-state index is 13.6. The van der Waals surface area contributed by atoms with Crippen molar-refractivity contribution in [2.75, 3.05) is 5.32 Å². The Morgan fingerprint density at radius 3 is 2.70 bits per heavy atom. The van der Waals surface area contributed by atoms with Gasteiger partial charge in [0.15, 0.2) is 5.82 Å². The molecule has 134 valence electrons. The molecule has 0 saturated heterocycles. The largest absolute Gasteiger partial charge is 0.472 e. The zero-order valence-corrected chi connectivity index (χ0v) is 14.5. The molecule has 3 heterocycles. The number of carbonyl (C=O) groups is 1. The van der Waals surface area contributed by atoms with Gasteiger partial charge in [-0.3, -0.25) is 9.78 Å². The van der Waals surface area contributed by atoms with Gasteiger partial charge in [-0.05, 0) is 36.4 Å². The van der Waals surface area contributed by atoms with E-state index in [1.54, 1.807) is 53.6 Å². The number of halogens is 2. The fourth-order valence-corrected chi connectivity index (χ4v) is 2.77. The van der Waals surface area contributed by atoms with Gasteiger partial charge in [-0.1, -0.05) is 11.6 Å². The van der Waals surface area contributed by atoms with E-state index in [0.717, 1.165) is 11.8 Å². The van der Waals surface area contributed by atoms with E-state index in [2.05, 4.69) is 15.4 Å². The average Bonchev–Trinajstić information content (AvgIpc) is 3.32. The van der Waals surface area contributed by atoms with Crippen LogP contribution in [0.4, 0.5) is 10.1 Å². The van der Waals surface area contributed by atoms with Crippen molar-refractivity contribution in [1.29, 1.82) is 0 Å². The van der Waals surface area contributed by atoms with Gasteiger partial charge in [0.05, 0.1) is 35.7 Å². The summed E-state index contributed by atoms with van der Waals surface area (Å²) in [7, 11) is 0. The second-order valence-corrected chi connectivity index (χ2v) is 6.02. The van der Waals surface area contributed by atoms with Gasteiger partial charge < -0.3 is 9.73 Å². The highest BCUT2D eigenvalue weighted by atomic mass is 35.5. The normalized spacial score (nSPS) is 10.7. The number of furan rings is 1. The highest BCUT2D eigenvalue weighted by Gasteiger charge is 2.13. The molecule has 0 radical (unpaired) electrons. The molecular formula is C19H12ClFN4O2. The molecule has 0 spiro atoms. The van der Waals surface area contributed by atoms with E-state index >= 15 is 0 Å².